The fourth-order valence-corrected chi connectivity index (χ4v) is 1.65. The van der Waals surface area contributed by atoms with Crippen molar-refractivity contribution in [3.63, 3.8) is 0 Å². The van der Waals surface area contributed by atoms with E-state index in [4.69, 9.17) is 5.26 Å². The zero-order valence-electron chi connectivity index (χ0n) is 11.6. The summed E-state index contributed by atoms with van der Waals surface area (Å²) in [7, 11) is 0. The smallest absolute Gasteiger partial charge is 0.274 e. The lowest BCUT2D eigenvalue weighted by Gasteiger charge is -2.25. The molecule has 0 aromatic carbocycles. The summed E-state index contributed by atoms with van der Waals surface area (Å²) in [6.07, 6.45) is 3.34. The van der Waals surface area contributed by atoms with E-state index in [2.05, 4.69) is 15.3 Å². The maximum atomic E-state index is 12.3. The molecular weight excluding hydrogens is 242 g/mol. The third-order valence-electron chi connectivity index (χ3n) is 2.56. The molecule has 0 radical (unpaired) electrons. The maximum Gasteiger partial charge on any atom is 0.274 e. The zero-order chi connectivity index (χ0) is 14.3. The molecule has 0 saturated heterocycles. The number of amides is 1. The van der Waals surface area contributed by atoms with E-state index >= 15 is 0 Å². The molecular formula is C13H19N5O. The molecule has 6 nitrogen and oxygen atoms in total. The topological polar surface area (TPSA) is 81.9 Å². The molecule has 19 heavy (non-hydrogen) atoms. The minimum atomic E-state index is -0.197. The SMILES string of the molecule is CCNc1cncc(C(=O)N(CCC#N)C(C)C)n1. The average Bonchev–Trinajstić information content (AvgIpc) is 2.39. The van der Waals surface area contributed by atoms with Crippen LogP contribution in [0.4, 0.5) is 5.82 Å². The van der Waals surface area contributed by atoms with E-state index in [0.29, 0.717) is 31.0 Å². The number of hydrogen-bond acceptors (Lipinski definition) is 5. The molecule has 1 aromatic rings. The minimum Gasteiger partial charge on any atom is -0.369 e. The Bertz CT molecular complexity index is 466. The minimum absolute atomic E-state index is 0.0189. The van der Waals surface area contributed by atoms with Gasteiger partial charge < -0.3 is 10.2 Å². The van der Waals surface area contributed by atoms with Crippen molar-refractivity contribution in [2.24, 2.45) is 0 Å². The maximum absolute atomic E-state index is 12.3. The second kappa shape index (κ2) is 7.31. The van der Waals surface area contributed by atoms with Gasteiger partial charge in [0.15, 0.2) is 0 Å². The van der Waals surface area contributed by atoms with Crippen LogP contribution in [0, 0.1) is 11.3 Å². The summed E-state index contributed by atoms with van der Waals surface area (Å²) in [5.74, 6) is 0.384. The molecule has 1 rings (SSSR count). The first-order valence-electron chi connectivity index (χ1n) is 6.34. The molecule has 1 aromatic heterocycles. The highest BCUT2D eigenvalue weighted by atomic mass is 16.2. The Labute approximate surface area is 113 Å². The van der Waals surface area contributed by atoms with Gasteiger partial charge in [-0.3, -0.25) is 9.78 Å². The molecule has 1 heterocycles. The summed E-state index contributed by atoms with van der Waals surface area (Å²) in [5, 5.41) is 11.7. The highest BCUT2D eigenvalue weighted by Crippen LogP contribution is 2.09. The highest BCUT2D eigenvalue weighted by Gasteiger charge is 2.20. The van der Waals surface area contributed by atoms with Crippen LogP contribution in [0.3, 0.4) is 0 Å². The van der Waals surface area contributed by atoms with Gasteiger partial charge >= 0.3 is 0 Å². The second-order valence-corrected chi connectivity index (χ2v) is 4.32. The van der Waals surface area contributed by atoms with Crippen LogP contribution in [-0.2, 0) is 0 Å². The Morgan fingerprint density at radius 1 is 1.53 bits per heavy atom. The Hall–Kier alpha value is -2.16. The van der Waals surface area contributed by atoms with Crippen molar-refractivity contribution in [1.82, 2.24) is 14.9 Å². The molecule has 0 atom stereocenters. The molecule has 0 aliphatic rings. The van der Waals surface area contributed by atoms with Crippen molar-refractivity contribution in [1.29, 1.82) is 5.26 Å². The van der Waals surface area contributed by atoms with E-state index in [9.17, 15) is 4.79 Å². The van der Waals surface area contributed by atoms with Gasteiger partial charge in [0.25, 0.3) is 5.91 Å². The van der Waals surface area contributed by atoms with Gasteiger partial charge in [-0.1, -0.05) is 0 Å². The molecule has 0 aliphatic heterocycles. The Kier molecular flexibility index (Phi) is 5.73. The molecule has 1 amide bonds. The summed E-state index contributed by atoms with van der Waals surface area (Å²) in [6, 6.07) is 2.07. The molecule has 0 bridgehead atoms. The van der Waals surface area contributed by atoms with Gasteiger partial charge in [0.2, 0.25) is 0 Å². The third-order valence-corrected chi connectivity index (χ3v) is 2.56. The van der Waals surface area contributed by atoms with Crippen LogP contribution in [0.2, 0.25) is 0 Å². The van der Waals surface area contributed by atoms with Crippen molar-refractivity contribution < 1.29 is 4.79 Å². The van der Waals surface area contributed by atoms with E-state index in [1.807, 2.05) is 26.8 Å². The van der Waals surface area contributed by atoms with E-state index in [1.165, 1.54) is 6.20 Å². The number of nitriles is 1. The molecule has 6 heteroatoms. The number of hydrogen-bond donors (Lipinski definition) is 1. The lowest BCUT2D eigenvalue weighted by molar-refractivity contribution is 0.0704. The number of nitrogens with zero attached hydrogens (tertiary/aromatic N) is 4. The van der Waals surface area contributed by atoms with Crippen molar-refractivity contribution >= 4 is 11.7 Å². The number of nitrogens with one attached hydrogen (secondary N) is 1. The molecule has 0 aliphatic carbocycles. The molecule has 0 fully saturated rings. The third kappa shape index (κ3) is 4.21. The largest absolute Gasteiger partial charge is 0.369 e. The molecule has 0 unspecified atom stereocenters. The van der Waals surface area contributed by atoms with Crippen molar-refractivity contribution in [2.45, 2.75) is 33.2 Å². The van der Waals surface area contributed by atoms with Gasteiger partial charge in [-0.25, -0.2) is 4.98 Å². The first-order valence-corrected chi connectivity index (χ1v) is 6.34. The highest BCUT2D eigenvalue weighted by molar-refractivity contribution is 5.92. The van der Waals surface area contributed by atoms with Crippen LogP contribution in [0.5, 0.6) is 0 Å². The monoisotopic (exact) mass is 261 g/mol. The fourth-order valence-electron chi connectivity index (χ4n) is 1.65. The number of carbonyl (C=O) groups excluding carboxylic acids is 1. The van der Waals surface area contributed by atoms with E-state index in [-0.39, 0.29) is 11.9 Å². The number of aromatic nitrogens is 2. The predicted octanol–water partition coefficient (Wildman–Crippen LogP) is 1.67. The van der Waals surface area contributed by atoms with Gasteiger partial charge in [0, 0.05) is 19.1 Å². The van der Waals surface area contributed by atoms with Crippen LogP contribution in [0.25, 0.3) is 0 Å². The van der Waals surface area contributed by atoms with Crippen LogP contribution in [0.15, 0.2) is 12.4 Å². The van der Waals surface area contributed by atoms with Gasteiger partial charge in [0.1, 0.15) is 11.5 Å². The van der Waals surface area contributed by atoms with Crippen LogP contribution >= 0.6 is 0 Å². The Morgan fingerprint density at radius 3 is 2.84 bits per heavy atom. The summed E-state index contributed by atoms with van der Waals surface area (Å²) in [4.78, 5) is 22.2. The van der Waals surface area contributed by atoms with E-state index in [0.717, 1.165) is 0 Å². The van der Waals surface area contributed by atoms with Gasteiger partial charge in [-0.2, -0.15) is 5.26 Å². The molecule has 0 saturated carbocycles. The summed E-state index contributed by atoms with van der Waals surface area (Å²) in [6.45, 7) is 6.89. The molecule has 102 valence electrons. The first kappa shape index (κ1) is 14.9. The summed E-state index contributed by atoms with van der Waals surface area (Å²) in [5.41, 5.74) is 0.296. The second-order valence-electron chi connectivity index (χ2n) is 4.32. The van der Waals surface area contributed by atoms with Crippen molar-refractivity contribution in [2.75, 3.05) is 18.4 Å². The Balaban J connectivity index is 2.89. The number of carbonyl (C=O) groups is 1. The van der Waals surface area contributed by atoms with Gasteiger partial charge in [-0.15, -0.1) is 0 Å². The first-order chi connectivity index (χ1) is 9.10. The lowest BCUT2D eigenvalue weighted by atomic mass is 10.2. The quantitative estimate of drug-likeness (QED) is 0.842. The lowest BCUT2D eigenvalue weighted by Crippen LogP contribution is -2.38. The van der Waals surface area contributed by atoms with Crippen LogP contribution in [0.1, 0.15) is 37.7 Å². The normalized spacial score (nSPS) is 10.1. The van der Waals surface area contributed by atoms with Gasteiger partial charge in [0.05, 0.1) is 24.9 Å². The number of rotatable bonds is 6. The molecule has 0 spiro atoms. The van der Waals surface area contributed by atoms with E-state index < -0.39 is 0 Å². The van der Waals surface area contributed by atoms with E-state index in [1.54, 1.807) is 11.1 Å². The zero-order valence-corrected chi connectivity index (χ0v) is 11.6. The Morgan fingerprint density at radius 2 is 2.26 bits per heavy atom. The number of anilines is 1. The predicted molar refractivity (Wildman–Crippen MR) is 72.6 cm³/mol. The van der Waals surface area contributed by atoms with Crippen LogP contribution in [-0.4, -0.2) is 39.9 Å². The average molecular weight is 261 g/mol. The summed E-state index contributed by atoms with van der Waals surface area (Å²) >= 11 is 0. The van der Waals surface area contributed by atoms with Gasteiger partial charge in [-0.05, 0) is 20.8 Å². The summed E-state index contributed by atoms with van der Waals surface area (Å²) < 4.78 is 0. The van der Waals surface area contributed by atoms with Crippen molar-refractivity contribution in [3.8, 4) is 6.07 Å². The van der Waals surface area contributed by atoms with Crippen LogP contribution < -0.4 is 5.32 Å². The standard InChI is InChI=1S/C13H19N5O/c1-4-16-12-9-15-8-11(17-12)13(19)18(10(2)3)7-5-6-14/h8-10H,4-5,7H2,1-3H3,(H,16,17). The molecule has 1 N–H and O–H groups in total. The fraction of sp³-hybridized carbons (Fsp3) is 0.538. The van der Waals surface area contributed by atoms with Crippen molar-refractivity contribution in [3.05, 3.63) is 18.1 Å².